The molecule has 1 unspecified atom stereocenters. The fourth-order valence-electron chi connectivity index (χ4n) is 1.75. The quantitative estimate of drug-likeness (QED) is 0.741. The highest BCUT2D eigenvalue weighted by atomic mass is 16.5. The normalized spacial score (nSPS) is 12.8. The van der Waals surface area contributed by atoms with Crippen molar-refractivity contribution in [2.45, 2.75) is 19.0 Å². The Hall–Kier alpha value is -1.10. The van der Waals surface area contributed by atoms with Crippen molar-refractivity contribution >= 4 is 0 Å². The maximum atomic E-state index is 9.21. The van der Waals surface area contributed by atoms with Crippen molar-refractivity contribution in [3.05, 3.63) is 29.8 Å². The van der Waals surface area contributed by atoms with Crippen molar-refractivity contribution in [3.8, 4) is 5.75 Å². The van der Waals surface area contributed by atoms with Crippen molar-refractivity contribution in [2.24, 2.45) is 0 Å². The highest BCUT2D eigenvalue weighted by Gasteiger charge is 2.13. The second kappa shape index (κ2) is 7.27. The highest BCUT2D eigenvalue weighted by Crippen LogP contribution is 2.14. The zero-order valence-electron chi connectivity index (χ0n) is 10.5. The fraction of sp³-hybridized carbons (Fsp3) is 0.538. The van der Waals surface area contributed by atoms with Crippen molar-refractivity contribution in [1.82, 2.24) is 4.90 Å². The van der Waals surface area contributed by atoms with Crippen molar-refractivity contribution < 1.29 is 14.9 Å². The van der Waals surface area contributed by atoms with Crippen LogP contribution in [0.15, 0.2) is 24.3 Å². The average molecular weight is 239 g/mol. The molecule has 1 aromatic carbocycles. The summed E-state index contributed by atoms with van der Waals surface area (Å²) in [6, 6.07) is 7.85. The van der Waals surface area contributed by atoms with E-state index in [2.05, 4.69) is 0 Å². The Kier molecular flexibility index (Phi) is 5.97. The summed E-state index contributed by atoms with van der Waals surface area (Å²) in [7, 11) is 3.59. The molecule has 4 nitrogen and oxygen atoms in total. The van der Waals surface area contributed by atoms with Crippen LogP contribution in [-0.2, 0) is 6.54 Å². The van der Waals surface area contributed by atoms with E-state index in [9.17, 15) is 5.11 Å². The van der Waals surface area contributed by atoms with Gasteiger partial charge in [0.05, 0.1) is 13.7 Å². The van der Waals surface area contributed by atoms with Crippen LogP contribution >= 0.6 is 0 Å². The standard InChI is InChI=1S/C13H21NO3/c1-14(12(10-16)7-8-15)9-11-3-5-13(17-2)6-4-11/h3-6,12,15-16H,7-10H2,1-2H3. The molecule has 0 aliphatic carbocycles. The Labute approximate surface area is 102 Å². The largest absolute Gasteiger partial charge is 0.497 e. The second-order valence-electron chi connectivity index (χ2n) is 4.11. The van der Waals surface area contributed by atoms with E-state index in [0.717, 1.165) is 17.9 Å². The third-order valence-corrected chi connectivity index (χ3v) is 2.89. The van der Waals surface area contributed by atoms with Gasteiger partial charge in [0.15, 0.2) is 0 Å². The molecule has 0 aliphatic heterocycles. The molecule has 1 aromatic rings. The molecule has 1 atom stereocenters. The maximum Gasteiger partial charge on any atom is 0.118 e. The Morgan fingerprint density at radius 3 is 2.35 bits per heavy atom. The van der Waals surface area contributed by atoms with E-state index in [1.54, 1.807) is 7.11 Å². The number of aliphatic hydroxyl groups excluding tert-OH is 2. The van der Waals surface area contributed by atoms with Gasteiger partial charge in [-0.05, 0) is 31.2 Å². The minimum Gasteiger partial charge on any atom is -0.497 e. The first kappa shape index (κ1) is 14.0. The van der Waals surface area contributed by atoms with E-state index in [1.807, 2.05) is 36.2 Å². The van der Waals surface area contributed by atoms with E-state index >= 15 is 0 Å². The van der Waals surface area contributed by atoms with Gasteiger partial charge in [-0.2, -0.15) is 0 Å². The lowest BCUT2D eigenvalue weighted by Gasteiger charge is -2.25. The summed E-state index contributed by atoms with van der Waals surface area (Å²) in [5, 5.41) is 18.1. The van der Waals surface area contributed by atoms with E-state index in [4.69, 9.17) is 9.84 Å². The Balaban J connectivity index is 2.56. The second-order valence-corrected chi connectivity index (χ2v) is 4.11. The van der Waals surface area contributed by atoms with Gasteiger partial charge in [-0.25, -0.2) is 0 Å². The Morgan fingerprint density at radius 1 is 1.24 bits per heavy atom. The summed E-state index contributed by atoms with van der Waals surface area (Å²) >= 11 is 0. The van der Waals surface area contributed by atoms with Gasteiger partial charge in [0.2, 0.25) is 0 Å². The van der Waals surface area contributed by atoms with Crippen LogP contribution < -0.4 is 4.74 Å². The number of ether oxygens (including phenoxy) is 1. The summed E-state index contributed by atoms with van der Waals surface area (Å²) in [5.41, 5.74) is 1.16. The molecule has 0 saturated heterocycles. The molecule has 0 radical (unpaired) electrons. The van der Waals surface area contributed by atoms with Gasteiger partial charge < -0.3 is 14.9 Å². The minimum absolute atomic E-state index is 0.00195. The lowest BCUT2D eigenvalue weighted by molar-refractivity contribution is 0.115. The summed E-state index contributed by atoms with van der Waals surface area (Å²) in [5.74, 6) is 0.838. The molecular formula is C13H21NO3. The first-order chi connectivity index (χ1) is 8.21. The maximum absolute atomic E-state index is 9.21. The van der Waals surface area contributed by atoms with Gasteiger partial charge in [-0.15, -0.1) is 0 Å². The van der Waals surface area contributed by atoms with Crippen LogP contribution in [0.4, 0.5) is 0 Å². The Morgan fingerprint density at radius 2 is 1.88 bits per heavy atom. The third-order valence-electron chi connectivity index (χ3n) is 2.89. The summed E-state index contributed by atoms with van der Waals surface area (Å²) < 4.78 is 5.09. The fourth-order valence-corrected chi connectivity index (χ4v) is 1.75. The number of rotatable bonds is 7. The van der Waals surface area contributed by atoms with Gasteiger partial charge >= 0.3 is 0 Å². The molecule has 0 bridgehead atoms. The van der Waals surface area contributed by atoms with E-state index < -0.39 is 0 Å². The smallest absolute Gasteiger partial charge is 0.118 e. The van der Waals surface area contributed by atoms with Gasteiger partial charge in [0.25, 0.3) is 0 Å². The molecule has 4 heteroatoms. The topological polar surface area (TPSA) is 52.9 Å². The first-order valence-corrected chi connectivity index (χ1v) is 5.76. The SMILES string of the molecule is COc1ccc(CN(C)C(CO)CCO)cc1. The van der Waals surface area contributed by atoms with Crippen molar-refractivity contribution in [3.63, 3.8) is 0 Å². The van der Waals surface area contributed by atoms with E-state index in [0.29, 0.717) is 6.42 Å². The number of hydrogen-bond acceptors (Lipinski definition) is 4. The predicted octanol–water partition coefficient (Wildman–Crippen LogP) is 0.870. The third kappa shape index (κ3) is 4.34. The Bertz CT molecular complexity index is 313. The molecule has 0 fully saturated rings. The lowest BCUT2D eigenvalue weighted by Crippen LogP contribution is -2.35. The average Bonchev–Trinajstić information content (AvgIpc) is 2.36. The summed E-state index contributed by atoms with van der Waals surface area (Å²) in [6.45, 7) is 0.903. The molecule has 0 spiro atoms. The molecule has 17 heavy (non-hydrogen) atoms. The predicted molar refractivity (Wildman–Crippen MR) is 67.0 cm³/mol. The van der Waals surface area contributed by atoms with Crippen LogP contribution in [0.3, 0.4) is 0 Å². The molecule has 96 valence electrons. The van der Waals surface area contributed by atoms with E-state index in [-0.39, 0.29) is 19.3 Å². The number of aliphatic hydroxyl groups is 2. The lowest BCUT2D eigenvalue weighted by atomic mass is 10.1. The van der Waals surface area contributed by atoms with Crippen LogP contribution in [0.1, 0.15) is 12.0 Å². The van der Waals surface area contributed by atoms with Crippen LogP contribution in [0.25, 0.3) is 0 Å². The molecule has 0 heterocycles. The van der Waals surface area contributed by atoms with Crippen molar-refractivity contribution in [1.29, 1.82) is 0 Å². The summed E-state index contributed by atoms with van der Waals surface area (Å²) in [6.07, 6.45) is 0.586. The van der Waals surface area contributed by atoms with Crippen molar-refractivity contribution in [2.75, 3.05) is 27.4 Å². The number of hydrogen-bond donors (Lipinski definition) is 2. The highest BCUT2D eigenvalue weighted by molar-refractivity contribution is 5.27. The van der Waals surface area contributed by atoms with Gasteiger partial charge in [-0.1, -0.05) is 12.1 Å². The number of benzene rings is 1. The molecule has 1 rings (SSSR count). The van der Waals surface area contributed by atoms with Crippen LogP contribution in [0, 0.1) is 0 Å². The van der Waals surface area contributed by atoms with Crippen LogP contribution in [0.2, 0.25) is 0 Å². The first-order valence-electron chi connectivity index (χ1n) is 5.76. The molecule has 0 saturated carbocycles. The monoisotopic (exact) mass is 239 g/mol. The minimum atomic E-state index is 0.00195. The zero-order chi connectivity index (χ0) is 12.7. The van der Waals surface area contributed by atoms with Crippen LogP contribution in [-0.4, -0.2) is 48.5 Å². The summed E-state index contributed by atoms with van der Waals surface area (Å²) in [4.78, 5) is 2.04. The van der Waals surface area contributed by atoms with Crippen LogP contribution in [0.5, 0.6) is 5.75 Å². The molecule has 0 aromatic heterocycles. The van der Waals surface area contributed by atoms with E-state index in [1.165, 1.54) is 0 Å². The molecule has 0 aliphatic rings. The number of methoxy groups -OCH3 is 1. The van der Waals surface area contributed by atoms with Gasteiger partial charge in [0.1, 0.15) is 5.75 Å². The molecule has 0 amide bonds. The number of likely N-dealkylation sites (N-methyl/N-ethyl adjacent to an activating group) is 1. The zero-order valence-corrected chi connectivity index (χ0v) is 10.5. The molecular weight excluding hydrogens is 218 g/mol. The van der Waals surface area contributed by atoms with Gasteiger partial charge in [0, 0.05) is 19.2 Å². The van der Waals surface area contributed by atoms with Gasteiger partial charge in [-0.3, -0.25) is 4.90 Å². The molecule has 2 N–H and O–H groups in total. The number of nitrogens with zero attached hydrogens (tertiary/aromatic N) is 1.